The van der Waals surface area contributed by atoms with Crippen LogP contribution in [0.15, 0.2) is 17.5 Å². The van der Waals surface area contributed by atoms with Crippen LogP contribution in [0.5, 0.6) is 0 Å². The summed E-state index contributed by atoms with van der Waals surface area (Å²) in [4.78, 5) is 4.07. The number of likely N-dealkylation sites (tertiary alicyclic amines) is 1. The Bertz CT molecular complexity index is 366. The molecule has 0 amide bonds. The average Bonchev–Trinajstić information content (AvgIpc) is 2.92. The molecule has 3 nitrogen and oxygen atoms in total. The van der Waals surface area contributed by atoms with Gasteiger partial charge in [0.2, 0.25) is 0 Å². The SMILES string of the molecule is COC1CCN(C(c2cccs2)C(C)C)C(CN)C1. The summed E-state index contributed by atoms with van der Waals surface area (Å²) in [7, 11) is 1.81. The van der Waals surface area contributed by atoms with E-state index < -0.39 is 0 Å². The van der Waals surface area contributed by atoms with Crippen LogP contribution in [-0.4, -0.2) is 37.2 Å². The third kappa shape index (κ3) is 3.37. The fourth-order valence-corrected chi connectivity index (χ4v) is 4.20. The molecule has 1 aliphatic rings. The van der Waals surface area contributed by atoms with Gasteiger partial charge in [-0.1, -0.05) is 19.9 Å². The average molecular weight is 282 g/mol. The Balaban J connectivity index is 2.17. The van der Waals surface area contributed by atoms with Crippen LogP contribution in [0.1, 0.15) is 37.6 Å². The fourth-order valence-electron chi connectivity index (χ4n) is 3.18. The molecule has 3 atom stereocenters. The van der Waals surface area contributed by atoms with Crippen LogP contribution in [0.25, 0.3) is 0 Å². The van der Waals surface area contributed by atoms with Gasteiger partial charge in [0.05, 0.1) is 6.10 Å². The van der Waals surface area contributed by atoms with E-state index in [-0.39, 0.29) is 0 Å². The Kier molecular flexibility index (Phi) is 5.39. The van der Waals surface area contributed by atoms with E-state index in [2.05, 4.69) is 36.3 Å². The first kappa shape index (κ1) is 15.0. The van der Waals surface area contributed by atoms with Crippen molar-refractivity contribution in [2.75, 3.05) is 20.2 Å². The highest BCUT2D eigenvalue weighted by atomic mass is 32.1. The van der Waals surface area contributed by atoms with Crippen LogP contribution in [0.2, 0.25) is 0 Å². The zero-order valence-corrected chi connectivity index (χ0v) is 13.0. The highest BCUT2D eigenvalue weighted by molar-refractivity contribution is 7.10. The van der Waals surface area contributed by atoms with E-state index in [4.69, 9.17) is 10.5 Å². The molecule has 1 saturated heterocycles. The molecule has 0 spiro atoms. The van der Waals surface area contributed by atoms with Crippen LogP contribution in [0.3, 0.4) is 0 Å². The Morgan fingerprint density at radius 1 is 1.53 bits per heavy atom. The van der Waals surface area contributed by atoms with Crippen molar-refractivity contribution in [3.63, 3.8) is 0 Å². The Morgan fingerprint density at radius 3 is 2.84 bits per heavy atom. The molecule has 1 fully saturated rings. The molecule has 3 unspecified atom stereocenters. The second kappa shape index (κ2) is 6.84. The molecule has 2 heterocycles. The van der Waals surface area contributed by atoms with Crippen molar-refractivity contribution in [2.24, 2.45) is 11.7 Å². The molecule has 2 N–H and O–H groups in total. The van der Waals surface area contributed by atoms with Gasteiger partial charge in [-0.25, -0.2) is 0 Å². The number of nitrogens with two attached hydrogens (primary N) is 1. The molecular weight excluding hydrogens is 256 g/mol. The summed E-state index contributed by atoms with van der Waals surface area (Å²) >= 11 is 1.86. The van der Waals surface area contributed by atoms with Crippen molar-refractivity contribution in [2.45, 2.75) is 44.9 Å². The van der Waals surface area contributed by atoms with Crippen molar-refractivity contribution in [1.82, 2.24) is 4.90 Å². The van der Waals surface area contributed by atoms with E-state index in [0.717, 1.165) is 19.4 Å². The number of ether oxygens (including phenoxy) is 1. The first-order valence-corrected chi connectivity index (χ1v) is 8.07. The number of nitrogens with zero attached hydrogens (tertiary/aromatic N) is 1. The zero-order chi connectivity index (χ0) is 13.8. The van der Waals surface area contributed by atoms with Crippen LogP contribution >= 0.6 is 11.3 Å². The van der Waals surface area contributed by atoms with Crippen LogP contribution in [-0.2, 0) is 4.74 Å². The van der Waals surface area contributed by atoms with Gasteiger partial charge in [0.1, 0.15) is 0 Å². The Labute approximate surface area is 120 Å². The third-order valence-electron chi connectivity index (χ3n) is 4.14. The summed E-state index contributed by atoms with van der Waals surface area (Å²) in [5.41, 5.74) is 6.01. The lowest BCUT2D eigenvalue weighted by Gasteiger charge is -2.44. The molecule has 0 aliphatic carbocycles. The number of methoxy groups -OCH3 is 1. The molecule has 0 bridgehead atoms. The summed E-state index contributed by atoms with van der Waals surface area (Å²) in [5.74, 6) is 0.604. The third-order valence-corrected chi connectivity index (χ3v) is 5.09. The molecule has 1 aromatic rings. The minimum Gasteiger partial charge on any atom is -0.381 e. The molecule has 0 saturated carbocycles. The second-order valence-electron chi connectivity index (χ2n) is 5.71. The van der Waals surface area contributed by atoms with E-state index >= 15 is 0 Å². The topological polar surface area (TPSA) is 38.5 Å². The van der Waals surface area contributed by atoms with Crippen molar-refractivity contribution in [1.29, 1.82) is 0 Å². The van der Waals surface area contributed by atoms with E-state index in [9.17, 15) is 0 Å². The molecule has 4 heteroatoms. The lowest BCUT2D eigenvalue weighted by atomic mass is 9.92. The van der Waals surface area contributed by atoms with Gasteiger partial charge in [0.25, 0.3) is 0 Å². The molecule has 1 aromatic heterocycles. The van der Waals surface area contributed by atoms with Crippen molar-refractivity contribution < 1.29 is 4.74 Å². The van der Waals surface area contributed by atoms with Crippen LogP contribution < -0.4 is 5.73 Å². The molecular formula is C15H26N2OS. The highest BCUT2D eigenvalue weighted by Gasteiger charge is 2.34. The highest BCUT2D eigenvalue weighted by Crippen LogP contribution is 2.36. The van der Waals surface area contributed by atoms with Gasteiger partial charge in [-0.2, -0.15) is 0 Å². The maximum Gasteiger partial charge on any atom is 0.0599 e. The van der Waals surface area contributed by atoms with E-state index in [0.29, 0.717) is 30.7 Å². The Hall–Kier alpha value is -0.420. The van der Waals surface area contributed by atoms with E-state index in [1.54, 1.807) is 0 Å². The number of thiophene rings is 1. The number of piperidine rings is 1. The lowest BCUT2D eigenvalue weighted by molar-refractivity contribution is -0.0130. The number of hydrogen-bond donors (Lipinski definition) is 1. The molecule has 2 rings (SSSR count). The maximum atomic E-state index is 6.01. The predicted molar refractivity (Wildman–Crippen MR) is 81.5 cm³/mol. The first-order valence-electron chi connectivity index (χ1n) is 7.19. The van der Waals surface area contributed by atoms with Crippen molar-refractivity contribution in [3.05, 3.63) is 22.4 Å². The van der Waals surface area contributed by atoms with E-state index in [1.165, 1.54) is 4.88 Å². The Morgan fingerprint density at radius 2 is 2.32 bits per heavy atom. The summed E-state index contributed by atoms with van der Waals surface area (Å²) in [6.07, 6.45) is 2.55. The van der Waals surface area contributed by atoms with Gasteiger partial charge < -0.3 is 10.5 Å². The molecule has 19 heavy (non-hydrogen) atoms. The number of hydrogen-bond acceptors (Lipinski definition) is 4. The summed E-state index contributed by atoms with van der Waals surface area (Å²) in [6, 6.07) is 5.33. The quantitative estimate of drug-likeness (QED) is 0.902. The van der Waals surface area contributed by atoms with Crippen molar-refractivity contribution >= 4 is 11.3 Å². The predicted octanol–water partition coefficient (Wildman–Crippen LogP) is 2.88. The molecule has 0 radical (unpaired) electrons. The molecule has 1 aliphatic heterocycles. The van der Waals surface area contributed by atoms with Gasteiger partial charge in [0.15, 0.2) is 0 Å². The normalized spacial score (nSPS) is 26.8. The summed E-state index contributed by atoms with van der Waals surface area (Å²) in [6.45, 7) is 6.41. The van der Waals surface area contributed by atoms with E-state index in [1.807, 2.05) is 18.4 Å². The minimum atomic E-state index is 0.376. The maximum absolute atomic E-state index is 6.01. The fraction of sp³-hybridized carbons (Fsp3) is 0.733. The standard InChI is InChI=1S/C15H26N2OS/c1-11(2)15(14-5-4-8-19-14)17-7-6-13(18-3)9-12(17)10-16/h4-5,8,11-13,15H,6-7,9-10,16H2,1-3H3. The summed E-state index contributed by atoms with van der Waals surface area (Å²) < 4.78 is 5.52. The lowest BCUT2D eigenvalue weighted by Crippen LogP contribution is -2.50. The molecule has 0 aromatic carbocycles. The zero-order valence-electron chi connectivity index (χ0n) is 12.2. The smallest absolute Gasteiger partial charge is 0.0599 e. The summed E-state index contributed by atoms with van der Waals surface area (Å²) in [5, 5.41) is 2.17. The van der Waals surface area contributed by atoms with Crippen LogP contribution in [0.4, 0.5) is 0 Å². The minimum absolute atomic E-state index is 0.376. The van der Waals surface area contributed by atoms with Crippen molar-refractivity contribution in [3.8, 4) is 0 Å². The van der Waals surface area contributed by atoms with Gasteiger partial charge in [0, 0.05) is 37.2 Å². The largest absolute Gasteiger partial charge is 0.381 e. The monoisotopic (exact) mass is 282 g/mol. The van der Waals surface area contributed by atoms with Gasteiger partial charge >= 0.3 is 0 Å². The first-order chi connectivity index (χ1) is 9.17. The van der Waals surface area contributed by atoms with Gasteiger partial charge in [-0.15, -0.1) is 11.3 Å². The second-order valence-corrected chi connectivity index (χ2v) is 6.69. The molecule has 108 valence electrons. The van der Waals surface area contributed by atoms with Crippen LogP contribution in [0, 0.1) is 5.92 Å². The number of rotatable bonds is 5. The van der Waals surface area contributed by atoms with Gasteiger partial charge in [-0.3, -0.25) is 4.90 Å². The van der Waals surface area contributed by atoms with Gasteiger partial charge in [-0.05, 0) is 30.2 Å².